The first-order chi connectivity index (χ1) is 4.00. The molecule has 1 aliphatic heterocycles. The van der Waals surface area contributed by atoms with E-state index in [1.165, 1.54) is 12.8 Å². The van der Waals surface area contributed by atoms with Gasteiger partial charge in [-0.2, -0.15) is 0 Å². The minimum absolute atomic E-state index is 0.977. The Morgan fingerprint density at radius 1 is 1.38 bits per heavy atom. The molecule has 0 saturated carbocycles. The van der Waals surface area contributed by atoms with Gasteiger partial charge in [-0.1, -0.05) is 0 Å². The average Bonchev–Trinajstić information content (AvgIpc) is 1.62. The van der Waals surface area contributed by atoms with Crippen LogP contribution in [0.15, 0.2) is 12.3 Å². The fourth-order valence-electron chi connectivity index (χ4n) is 0.683. The van der Waals surface area contributed by atoms with Crippen molar-refractivity contribution in [3.05, 3.63) is 18.9 Å². The molecule has 1 heterocycles. The monoisotopic (exact) mass is 110 g/mol. The van der Waals surface area contributed by atoms with Crippen molar-refractivity contribution in [1.82, 2.24) is 0 Å². The van der Waals surface area contributed by atoms with Gasteiger partial charge in [-0.15, -0.1) is 0 Å². The summed E-state index contributed by atoms with van der Waals surface area (Å²) in [5, 5.41) is 0. The molecule has 0 aromatic carbocycles. The summed E-state index contributed by atoms with van der Waals surface area (Å²) in [4.78, 5) is 0. The van der Waals surface area contributed by atoms with E-state index in [1.54, 1.807) is 6.26 Å². The van der Waals surface area contributed by atoms with Gasteiger partial charge in [0.05, 0.1) is 6.26 Å². The van der Waals surface area contributed by atoms with Crippen molar-refractivity contribution in [3.63, 3.8) is 0 Å². The van der Waals surface area contributed by atoms with E-state index in [4.69, 9.17) is 4.74 Å². The lowest BCUT2D eigenvalue weighted by molar-refractivity contribution is 0.309. The molecule has 0 amide bonds. The van der Waals surface area contributed by atoms with E-state index in [0.29, 0.717) is 0 Å². The fourth-order valence-corrected chi connectivity index (χ4v) is 0.683. The molecular weight excluding hydrogens is 100 g/mol. The standard InChI is InChI=1S/C7H10O/c1-2-4-6-8-7-5-3-1/h4,6H,1-3,5H2/b6-4-. The number of allylic oxidation sites excluding steroid dienone is 1. The van der Waals surface area contributed by atoms with Crippen LogP contribution < -0.4 is 0 Å². The molecule has 0 unspecified atom stereocenters. The molecule has 1 aliphatic rings. The van der Waals surface area contributed by atoms with E-state index in [2.05, 4.69) is 6.61 Å². The molecular formula is C7H10O. The van der Waals surface area contributed by atoms with E-state index in [-0.39, 0.29) is 0 Å². The van der Waals surface area contributed by atoms with E-state index < -0.39 is 0 Å². The zero-order valence-corrected chi connectivity index (χ0v) is 4.89. The summed E-state index contributed by atoms with van der Waals surface area (Å²) in [6.07, 6.45) is 8.36. The van der Waals surface area contributed by atoms with Crippen LogP contribution in [-0.4, -0.2) is 0 Å². The Bertz CT molecular complexity index is 66.5. The van der Waals surface area contributed by atoms with Gasteiger partial charge in [0, 0.05) is 0 Å². The molecule has 0 aliphatic carbocycles. The van der Waals surface area contributed by atoms with Gasteiger partial charge in [-0.05, 0) is 31.8 Å². The molecule has 1 nitrogen and oxygen atoms in total. The van der Waals surface area contributed by atoms with E-state index >= 15 is 0 Å². The van der Waals surface area contributed by atoms with Crippen molar-refractivity contribution in [2.45, 2.75) is 25.7 Å². The quantitative estimate of drug-likeness (QED) is 0.464. The Balaban J connectivity index is 2.17. The lowest BCUT2D eigenvalue weighted by atomic mass is 10.2. The smallest absolute Gasteiger partial charge is 0.195 e. The third kappa shape index (κ3) is 2.01. The Labute approximate surface area is 50.3 Å². The number of hydrogen-bond acceptors (Lipinski definition) is 1. The van der Waals surface area contributed by atoms with Gasteiger partial charge in [-0.25, -0.2) is 0 Å². The van der Waals surface area contributed by atoms with Gasteiger partial charge < -0.3 is 4.74 Å². The van der Waals surface area contributed by atoms with Crippen LogP contribution in [0.5, 0.6) is 0 Å². The zero-order chi connectivity index (χ0) is 5.66. The van der Waals surface area contributed by atoms with Gasteiger partial charge >= 0.3 is 0 Å². The molecule has 0 bridgehead atoms. The van der Waals surface area contributed by atoms with Gasteiger partial charge in [0.15, 0.2) is 6.61 Å². The molecule has 0 aromatic heterocycles. The molecule has 1 heteroatoms. The Morgan fingerprint density at radius 2 is 2.38 bits per heavy atom. The summed E-state index contributed by atoms with van der Waals surface area (Å²) in [5.74, 6) is 0. The Kier molecular flexibility index (Phi) is 2.50. The van der Waals surface area contributed by atoms with Crippen molar-refractivity contribution in [2.75, 3.05) is 0 Å². The molecule has 0 saturated heterocycles. The molecule has 44 valence electrons. The summed E-state index contributed by atoms with van der Waals surface area (Å²) in [5.41, 5.74) is 0. The van der Waals surface area contributed by atoms with Crippen LogP contribution in [0.3, 0.4) is 0 Å². The average molecular weight is 110 g/mol. The van der Waals surface area contributed by atoms with Gasteiger partial charge in [0.1, 0.15) is 0 Å². The highest BCUT2D eigenvalue weighted by Gasteiger charge is 1.91. The number of hydrogen-bond donors (Lipinski definition) is 0. The number of ether oxygens (including phenoxy) is 1. The second-order valence-corrected chi connectivity index (χ2v) is 1.88. The van der Waals surface area contributed by atoms with Crippen molar-refractivity contribution >= 4 is 0 Å². The first-order valence-corrected chi connectivity index (χ1v) is 3.03. The SMILES string of the molecule is [C]1CCCC/C=C\O1. The van der Waals surface area contributed by atoms with Crippen molar-refractivity contribution in [3.8, 4) is 0 Å². The second kappa shape index (κ2) is 3.53. The second-order valence-electron chi connectivity index (χ2n) is 1.88. The number of rotatable bonds is 0. The van der Waals surface area contributed by atoms with Crippen LogP contribution in [0.25, 0.3) is 0 Å². The van der Waals surface area contributed by atoms with Crippen LogP contribution in [0, 0.1) is 6.61 Å². The molecule has 0 N–H and O–H groups in total. The minimum Gasteiger partial charge on any atom is -0.486 e. The van der Waals surface area contributed by atoms with Gasteiger partial charge in [0.2, 0.25) is 0 Å². The minimum atomic E-state index is 0.977. The van der Waals surface area contributed by atoms with E-state index in [0.717, 1.165) is 12.8 Å². The highest BCUT2D eigenvalue weighted by Crippen LogP contribution is 2.06. The predicted molar refractivity (Wildman–Crippen MR) is 31.9 cm³/mol. The van der Waals surface area contributed by atoms with Crippen molar-refractivity contribution in [1.29, 1.82) is 0 Å². The van der Waals surface area contributed by atoms with Gasteiger partial charge in [0.25, 0.3) is 0 Å². The summed E-state index contributed by atoms with van der Waals surface area (Å²) in [6, 6.07) is 0. The van der Waals surface area contributed by atoms with Crippen LogP contribution >= 0.6 is 0 Å². The molecule has 0 aromatic rings. The third-order valence-electron chi connectivity index (χ3n) is 1.15. The third-order valence-corrected chi connectivity index (χ3v) is 1.15. The highest BCUT2D eigenvalue weighted by molar-refractivity contribution is 4.77. The van der Waals surface area contributed by atoms with E-state index in [9.17, 15) is 0 Å². The maximum atomic E-state index is 4.84. The maximum absolute atomic E-state index is 4.84. The van der Waals surface area contributed by atoms with Gasteiger partial charge in [-0.3, -0.25) is 0 Å². The first kappa shape index (κ1) is 5.67. The predicted octanol–water partition coefficient (Wildman–Crippen LogP) is 2.13. The highest BCUT2D eigenvalue weighted by atomic mass is 16.5. The van der Waals surface area contributed by atoms with Crippen LogP contribution in [-0.2, 0) is 4.74 Å². The molecule has 2 radical (unpaired) electrons. The molecule has 1 rings (SSSR count). The van der Waals surface area contributed by atoms with E-state index in [1.807, 2.05) is 6.08 Å². The van der Waals surface area contributed by atoms with Crippen LogP contribution in [0.1, 0.15) is 25.7 Å². The first-order valence-electron chi connectivity index (χ1n) is 3.03. The normalized spacial score (nSPS) is 25.0. The molecule has 8 heavy (non-hydrogen) atoms. The fraction of sp³-hybridized carbons (Fsp3) is 0.571. The molecule has 0 spiro atoms. The largest absolute Gasteiger partial charge is 0.486 e. The Morgan fingerprint density at radius 3 is 3.38 bits per heavy atom. The lowest BCUT2D eigenvalue weighted by Gasteiger charge is -2.00. The summed E-state index contributed by atoms with van der Waals surface area (Å²) < 4.78 is 4.84. The lowest BCUT2D eigenvalue weighted by Crippen LogP contribution is -1.84. The Hall–Kier alpha value is -0.460. The molecule has 0 atom stereocenters. The van der Waals surface area contributed by atoms with Crippen molar-refractivity contribution < 1.29 is 4.74 Å². The maximum Gasteiger partial charge on any atom is 0.195 e. The zero-order valence-electron chi connectivity index (χ0n) is 4.89. The summed E-state index contributed by atoms with van der Waals surface area (Å²) in [7, 11) is 0. The topological polar surface area (TPSA) is 9.23 Å². The summed E-state index contributed by atoms with van der Waals surface area (Å²) in [6.45, 7) is 2.80. The van der Waals surface area contributed by atoms with Crippen molar-refractivity contribution in [2.24, 2.45) is 0 Å². The van der Waals surface area contributed by atoms with Crippen LogP contribution in [0.2, 0.25) is 0 Å². The van der Waals surface area contributed by atoms with Crippen LogP contribution in [0.4, 0.5) is 0 Å². The molecule has 0 fully saturated rings. The summed E-state index contributed by atoms with van der Waals surface area (Å²) >= 11 is 0.